The third-order valence-electron chi connectivity index (χ3n) is 10.7. The first kappa shape index (κ1) is 62.5. The summed E-state index contributed by atoms with van der Waals surface area (Å²) in [5.41, 5.74) is 0. The number of hydrogen-bond acceptors (Lipinski definition) is 6. The molecule has 6 heteroatoms. The van der Waals surface area contributed by atoms with Gasteiger partial charge in [-0.1, -0.05) is 225 Å². The normalized spacial score (nSPS) is 13.2. The Morgan fingerprint density at radius 2 is 0.672 bits per heavy atom. The minimum Gasteiger partial charge on any atom is -0.462 e. The number of unbranched alkanes of at least 4 members (excludes halogenated alkanes) is 17. The number of esters is 3. The highest BCUT2D eigenvalue weighted by Gasteiger charge is 2.19. The lowest BCUT2D eigenvalue weighted by molar-refractivity contribution is -0.167. The predicted molar refractivity (Wildman–Crippen MR) is 288 cm³/mol. The summed E-state index contributed by atoms with van der Waals surface area (Å²) < 4.78 is 16.7. The van der Waals surface area contributed by atoms with Crippen molar-refractivity contribution < 1.29 is 28.6 Å². The van der Waals surface area contributed by atoms with Crippen molar-refractivity contribution in [3.8, 4) is 0 Å². The van der Waals surface area contributed by atoms with Gasteiger partial charge in [0, 0.05) is 19.3 Å². The molecule has 0 fully saturated rings. The summed E-state index contributed by atoms with van der Waals surface area (Å²) in [5.74, 6) is -1.03. The molecule has 0 radical (unpaired) electrons. The van der Waals surface area contributed by atoms with Gasteiger partial charge in [-0.05, 0) is 103 Å². The molecule has 0 aromatic heterocycles. The second-order valence-electron chi connectivity index (χ2n) is 17.1. The second kappa shape index (κ2) is 54.2. The fourth-order valence-electron chi connectivity index (χ4n) is 6.77. The SMILES string of the molecule is CC\C=C/C=C\C=C/C=C\CCCCCC(=O)OCC(COC(=O)CCCCCCCCCCCC/C=C\C=C/CCCCC)OC(=O)CCC/C=C\C/C=C\C/C=C\C/C=C\C/C=C\CC. The molecule has 0 aliphatic heterocycles. The topological polar surface area (TPSA) is 78.9 Å². The summed E-state index contributed by atoms with van der Waals surface area (Å²) >= 11 is 0. The van der Waals surface area contributed by atoms with Crippen LogP contribution in [0.5, 0.6) is 0 Å². The van der Waals surface area contributed by atoms with Gasteiger partial charge in [0.25, 0.3) is 0 Å². The monoisotopic (exact) mass is 925 g/mol. The van der Waals surface area contributed by atoms with E-state index >= 15 is 0 Å². The Kier molecular flexibility index (Phi) is 50.6. The van der Waals surface area contributed by atoms with Crippen LogP contribution >= 0.6 is 0 Å². The van der Waals surface area contributed by atoms with E-state index in [0.29, 0.717) is 19.3 Å². The van der Waals surface area contributed by atoms with E-state index < -0.39 is 6.10 Å². The van der Waals surface area contributed by atoms with Gasteiger partial charge in [-0.15, -0.1) is 0 Å². The average molecular weight is 925 g/mol. The first-order valence-corrected chi connectivity index (χ1v) is 26.8. The van der Waals surface area contributed by atoms with Gasteiger partial charge >= 0.3 is 17.9 Å². The fraction of sp³-hybridized carbons (Fsp3) is 0.590. The lowest BCUT2D eigenvalue weighted by Gasteiger charge is -2.18. The van der Waals surface area contributed by atoms with Gasteiger partial charge < -0.3 is 14.2 Å². The Morgan fingerprint density at radius 3 is 1.15 bits per heavy atom. The molecule has 6 nitrogen and oxygen atoms in total. The lowest BCUT2D eigenvalue weighted by Crippen LogP contribution is -2.30. The van der Waals surface area contributed by atoms with Crippen LogP contribution in [-0.4, -0.2) is 37.2 Å². The van der Waals surface area contributed by atoms with E-state index in [-0.39, 0.29) is 37.5 Å². The number of carbonyl (C=O) groups is 3. The zero-order valence-electron chi connectivity index (χ0n) is 42.9. The maximum Gasteiger partial charge on any atom is 0.306 e. The van der Waals surface area contributed by atoms with E-state index in [4.69, 9.17) is 14.2 Å². The van der Waals surface area contributed by atoms with E-state index in [2.05, 4.69) is 118 Å². The summed E-state index contributed by atoms with van der Waals surface area (Å²) in [5, 5.41) is 0. The maximum absolute atomic E-state index is 12.8. The van der Waals surface area contributed by atoms with Crippen LogP contribution in [0.4, 0.5) is 0 Å². The van der Waals surface area contributed by atoms with Crippen molar-refractivity contribution in [2.24, 2.45) is 0 Å². The van der Waals surface area contributed by atoms with Gasteiger partial charge in [-0.25, -0.2) is 0 Å². The highest BCUT2D eigenvalue weighted by Crippen LogP contribution is 2.14. The molecule has 0 amide bonds. The van der Waals surface area contributed by atoms with Gasteiger partial charge in [0.1, 0.15) is 13.2 Å². The van der Waals surface area contributed by atoms with Crippen molar-refractivity contribution in [2.75, 3.05) is 13.2 Å². The van der Waals surface area contributed by atoms with Crippen molar-refractivity contribution in [1.82, 2.24) is 0 Å². The number of hydrogen-bond donors (Lipinski definition) is 0. The van der Waals surface area contributed by atoms with Crippen molar-refractivity contribution in [1.29, 1.82) is 0 Å². The quantitative estimate of drug-likeness (QED) is 0.0199. The number of allylic oxidation sites excluding steroid dienone is 22. The summed E-state index contributed by atoms with van der Waals surface area (Å²) in [6, 6.07) is 0. The zero-order valence-corrected chi connectivity index (χ0v) is 42.9. The number of carbonyl (C=O) groups excluding carboxylic acids is 3. The predicted octanol–water partition coefficient (Wildman–Crippen LogP) is 17.9. The Balaban J connectivity index is 4.53. The molecule has 0 N–H and O–H groups in total. The zero-order chi connectivity index (χ0) is 48.6. The van der Waals surface area contributed by atoms with Crippen molar-refractivity contribution in [2.45, 2.75) is 219 Å². The average Bonchev–Trinajstić information content (AvgIpc) is 3.33. The van der Waals surface area contributed by atoms with Crippen LogP contribution in [0.3, 0.4) is 0 Å². The molecule has 0 saturated carbocycles. The first-order valence-electron chi connectivity index (χ1n) is 26.8. The van der Waals surface area contributed by atoms with Crippen molar-refractivity contribution >= 4 is 17.9 Å². The van der Waals surface area contributed by atoms with Gasteiger partial charge in [-0.3, -0.25) is 14.4 Å². The number of ether oxygens (including phenoxy) is 3. The van der Waals surface area contributed by atoms with Crippen LogP contribution in [0.25, 0.3) is 0 Å². The van der Waals surface area contributed by atoms with Crippen LogP contribution in [0.2, 0.25) is 0 Å². The Labute approximate surface area is 411 Å². The maximum atomic E-state index is 12.8. The van der Waals surface area contributed by atoms with Crippen LogP contribution in [0, 0.1) is 0 Å². The molecule has 0 aromatic rings. The molecule has 0 aliphatic rings. The van der Waals surface area contributed by atoms with Crippen LogP contribution in [0.15, 0.2) is 134 Å². The van der Waals surface area contributed by atoms with Gasteiger partial charge in [-0.2, -0.15) is 0 Å². The molecule has 1 unspecified atom stereocenters. The fourth-order valence-corrected chi connectivity index (χ4v) is 6.77. The van der Waals surface area contributed by atoms with Crippen LogP contribution in [-0.2, 0) is 28.6 Å². The molecule has 0 saturated heterocycles. The van der Waals surface area contributed by atoms with Crippen LogP contribution in [0.1, 0.15) is 213 Å². The highest BCUT2D eigenvalue weighted by atomic mass is 16.6. The Bertz CT molecular complexity index is 1480. The summed E-state index contributed by atoms with van der Waals surface area (Å²) in [6.07, 6.45) is 75.9. The molecule has 0 spiro atoms. The summed E-state index contributed by atoms with van der Waals surface area (Å²) in [4.78, 5) is 38.0. The van der Waals surface area contributed by atoms with Gasteiger partial charge in [0.05, 0.1) is 0 Å². The van der Waals surface area contributed by atoms with Crippen LogP contribution < -0.4 is 0 Å². The molecule has 0 bridgehead atoms. The summed E-state index contributed by atoms with van der Waals surface area (Å²) in [7, 11) is 0. The van der Waals surface area contributed by atoms with Gasteiger partial charge in [0.15, 0.2) is 6.10 Å². The summed E-state index contributed by atoms with van der Waals surface area (Å²) in [6.45, 7) is 6.25. The minimum atomic E-state index is -0.830. The van der Waals surface area contributed by atoms with E-state index in [1.54, 1.807) is 0 Å². The van der Waals surface area contributed by atoms with E-state index in [1.807, 2.05) is 36.5 Å². The molecular weight excluding hydrogens is 829 g/mol. The van der Waals surface area contributed by atoms with Gasteiger partial charge in [0.2, 0.25) is 0 Å². The Hall–Kier alpha value is -4.45. The smallest absolute Gasteiger partial charge is 0.306 e. The van der Waals surface area contributed by atoms with Crippen molar-refractivity contribution in [3.63, 3.8) is 0 Å². The molecule has 67 heavy (non-hydrogen) atoms. The molecular formula is C61H96O6. The minimum absolute atomic E-state index is 0.120. The van der Waals surface area contributed by atoms with E-state index in [1.165, 1.54) is 77.0 Å². The molecule has 0 heterocycles. The molecule has 0 aliphatic carbocycles. The standard InChI is InChI=1S/C61H96O6/c1-4-7-10-13-16-19-22-25-27-29-30-32-33-36-39-42-45-48-51-54-60(63)66-57-58(56-65-59(62)53-50-47-44-41-38-35-24-21-18-15-12-9-6-3)67-61(64)55-52-49-46-43-40-37-34-31-28-26-23-20-17-14-11-8-5-2/h8-9,11-12,15-22,24-26,28,34-35,37-38,43,46,58H,4-7,10,13-14,23,27,29-33,36,39-42,44-45,47-57H2,1-3H3/b11-8-,12-9-,18-15-,19-16-,20-17-,24-21-,25-22-,28-26-,37-34-,38-35-,46-43-. The second-order valence-corrected chi connectivity index (χ2v) is 17.1. The van der Waals surface area contributed by atoms with Crippen molar-refractivity contribution in [3.05, 3.63) is 134 Å². The van der Waals surface area contributed by atoms with E-state index in [9.17, 15) is 14.4 Å². The highest BCUT2D eigenvalue weighted by molar-refractivity contribution is 5.71. The lowest BCUT2D eigenvalue weighted by atomic mass is 10.1. The largest absolute Gasteiger partial charge is 0.462 e. The molecule has 0 aromatic carbocycles. The third kappa shape index (κ3) is 52.4. The molecule has 0 rings (SSSR count). The molecule has 376 valence electrons. The first-order chi connectivity index (χ1) is 33.0. The van der Waals surface area contributed by atoms with E-state index in [0.717, 1.165) is 89.9 Å². The molecule has 1 atom stereocenters. The number of rotatable bonds is 46. The third-order valence-corrected chi connectivity index (χ3v) is 10.7. The Morgan fingerprint density at radius 1 is 0.328 bits per heavy atom.